The molecular formula is C11H18N6O2. The van der Waals surface area contributed by atoms with Crippen LogP contribution in [0, 0.1) is 0 Å². The number of hydrogen-bond donors (Lipinski definition) is 3. The topological polar surface area (TPSA) is 101 Å². The molecule has 0 bridgehead atoms. The SMILES string of the molecule is CCNc1nc(NC2CCC(=O)NC2)nc(OC)n1. The lowest BCUT2D eigenvalue weighted by Crippen LogP contribution is -2.42. The Bertz CT molecular complexity index is 443. The Labute approximate surface area is 111 Å². The predicted molar refractivity (Wildman–Crippen MR) is 70.2 cm³/mol. The Morgan fingerprint density at radius 1 is 1.37 bits per heavy atom. The molecule has 19 heavy (non-hydrogen) atoms. The molecule has 2 rings (SSSR count). The van der Waals surface area contributed by atoms with Crippen LogP contribution < -0.4 is 20.7 Å². The van der Waals surface area contributed by atoms with Crippen molar-refractivity contribution in [2.24, 2.45) is 0 Å². The number of piperidine rings is 1. The molecule has 0 aliphatic carbocycles. The molecule has 8 nitrogen and oxygen atoms in total. The summed E-state index contributed by atoms with van der Waals surface area (Å²) in [4.78, 5) is 23.6. The van der Waals surface area contributed by atoms with Crippen LogP contribution in [0.4, 0.5) is 11.9 Å². The number of rotatable bonds is 5. The van der Waals surface area contributed by atoms with Gasteiger partial charge in [0.05, 0.1) is 7.11 Å². The molecule has 1 fully saturated rings. The van der Waals surface area contributed by atoms with E-state index in [4.69, 9.17) is 4.74 Å². The Kier molecular flexibility index (Phi) is 4.32. The molecule has 1 aromatic rings. The van der Waals surface area contributed by atoms with Gasteiger partial charge in [-0.15, -0.1) is 0 Å². The van der Waals surface area contributed by atoms with Crippen LogP contribution in [-0.4, -0.2) is 47.1 Å². The van der Waals surface area contributed by atoms with Crippen molar-refractivity contribution in [2.45, 2.75) is 25.8 Å². The fourth-order valence-corrected chi connectivity index (χ4v) is 1.79. The monoisotopic (exact) mass is 266 g/mol. The van der Waals surface area contributed by atoms with Crippen LogP contribution in [0.1, 0.15) is 19.8 Å². The summed E-state index contributed by atoms with van der Waals surface area (Å²) in [5.41, 5.74) is 0. The molecule has 1 saturated heterocycles. The van der Waals surface area contributed by atoms with Crippen molar-refractivity contribution in [1.82, 2.24) is 20.3 Å². The van der Waals surface area contributed by atoms with Gasteiger partial charge >= 0.3 is 6.01 Å². The van der Waals surface area contributed by atoms with Crippen molar-refractivity contribution >= 4 is 17.8 Å². The van der Waals surface area contributed by atoms with Crippen LogP contribution in [0.2, 0.25) is 0 Å². The Hall–Kier alpha value is -2.12. The van der Waals surface area contributed by atoms with Gasteiger partial charge in [0.1, 0.15) is 0 Å². The van der Waals surface area contributed by atoms with Crippen LogP contribution in [0.15, 0.2) is 0 Å². The van der Waals surface area contributed by atoms with Crippen LogP contribution in [-0.2, 0) is 4.79 Å². The van der Waals surface area contributed by atoms with Gasteiger partial charge in [-0.2, -0.15) is 15.0 Å². The zero-order valence-electron chi connectivity index (χ0n) is 11.1. The van der Waals surface area contributed by atoms with Crippen LogP contribution in [0.5, 0.6) is 6.01 Å². The van der Waals surface area contributed by atoms with Crippen molar-refractivity contribution in [1.29, 1.82) is 0 Å². The van der Waals surface area contributed by atoms with Gasteiger partial charge in [-0.25, -0.2) is 0 Å². The highest BCUT2D eigenvalue weighted by Gasteiger charge is 2.19. The van der Waals surface area contributed by atoms with E-state index in [1.54, 1.807) is 0 Å². The average molecular weight is 266 g/mol. The third kappa shape index (κ3) is 3.67. The molecule has 1 aliphatic rings. The molecule has 1 amide bonds. The number of aromatic nitrogens is 3. The molecule has 104 valence electrons. The van der Waals surface area contributed by atoms with Gasteiger partial charge in [-0.3, -0.25) is 4.79 Å². The molecule has 1 aromatic heterocycles. The molecule has 3 N–H and O–H groups in total. The third-order valence-corrected chi connectivity index (χ3v) is 2.73. The largest absolute Gasteiger partial charge is 0.467 e. The van der Waals surface area contributed by atoms with E-state index in [9.17, 15) is 4.79 Å². The second kappa shape index (κ2) is 6.17. The van der Waals surface area contributed by atoms with Gasteiger partial charge in [0.2, 0.25) is 17.8 Å². The smallest absolute Gasteiger partial charge is 0.322 e. The Morgan fingerprint density at radius 2 is 2.16 bits per heavy atom. The number of amides is 1. The van der Waals surface area contributed by atoms with Gasteiger partial charge in [-0.1, -0.05) is 0 Å². The normalized spacial score (nSPS) is 18.6. The number of carbonyl (C=O) groups excluding carboxylic acids is 1. The number of methoxy groups -OCH3 is 1. The summed E-state index contributed by atoms with van der Waals surface area (Å²) in [6, 6.07) is 0.382. The number of ether oxygens (including phenoxy) is 1. The summed E-state index contributed by atoms with van der Waals surface area (Å²) in [5, 5.41) is 8.99. The first kappa shape index (κ1) is 13.3. The van der Waals surface area contributed by atoms with Gasteiger partial charge in [0.15, 0.2) is 0 Å². The van der Waals surface area contributed by atoms with E-state index in [-0.39, 0.29) is 18.0 Å². The molecule has 1 unspecified atom stereocenters. The van der Waals surface area contributed by atoms with Crippen LogP contribution in [0.25, 0.3) is 0 Å². The van der Waals surface area contributed by atoms with Crippen molar-refractivity contribution in [2.75, 3.05) is 30.8 Å². The minimum Gasteiger partial charge on any atom is -0.467 e. The van der Waals surface area contributed by atoms with Gasteiger partial charge in [-0.05, 0) is 13.3 Å². The summed E-state index contributed by atoms with van der Waals surface area (Å²) in [5.74, 6) is 1.00. The summed E-state index contributed by atoms with van der Waals surface area (Å²) in [7, 11) is 1.51. The first-order valence-corrected chi connectivity index (χ1v) is 6.28. The summed E-state index contributed by atoms with van der Waals surface area (Å²) >= 11 is 0. The van der Waals surface area contributed by atoms with Gasteiger partial charge in [0.25, 0.3) is 0 Å². The molecule has 1 atom stereocenters. The van der Waals surface area contributed by atoms with Crippen molar-refractivity contribution in [3.05, 3.63) is 0 Å². The molecule has 0 spiro atoms. The zero-order valence-corrected chi connectivity index (χ0v) is 11.1. The number of nitrogens with one attached hydrogen (secondary N) is 3. The number of carbonyl (C=O) groups is 1. The first-order chi connectivity index (χ1) is 9.21. The molecule has 0 aromatic carbocycles. The van der Waals surface area contributed by atoms with E-state index in [1.165, 1.54) is 7.11 Å². The highest BCUT2D eigenvalue weighted by Crippen LogP contribution is 2.13. The molecule has 8 heteroatoms. The Balaban J connectivity index is 2.06. The van der Waals surface area contributed by atoms with Gasteiger partial charge in [0, 0.05) is 25.6 Å². The number of hydrogen-bond acceptors (Lipinski definition) is 7. The summed E-state index contributed by atoms with van der Waals surface area (Å²) < 4.78 is 5.04. The van der Waals surface area contributed by atoms with E-state index in [2.05, 4.69) is 30.9 Å². The number of nitrogens with zero attached hydrogens (tertiary/aromatic N) is 3. The highest BCUT2D eigenvalue weighted by atomic mass is 16.5. The minimum absolute atomic E-state index is 0.0830. The molecule has 0 saturated carbocycles. The molecule has 2 heterocycles. The fraction of sp³-hybridized carbons (Fsp3) is 0.636. The minimum atomic E-state index is 0.0830. The lowest BCUT2D eigenvalue weighted by atomic mass is 10.1. The predicted octanol–water partition coefficient (Wildman–Crippen LogP) is 0.00250. The zero-order chi connectivity index (χ0) is 13.7. The average Bonchev–Trinajstić information content (AvgIpc) is 2.41. The lowest BCUT2D eigenvalue weighted by Gasteiger charge is -2.23. The van der Waals surface area contributed by atoms with Crippen molar-refractivity contribution in [3.8, 4) is 6.01 Å². The quantitative estimate of drug-likeness (QED) is 0.689. The summed E-state index contributed by atoms with van der Waals surface area (Å²) in [6.45, 7) is 3.25. The lowest BCUT2D eigenvalue weighted by molar-refractivity contribution is -0.122. The Morgan fingerprint density at radius 3 is 2.79 bits per heavy atom. The van der Waals surface area contributed by atoms with E-state index in [1.807, 2.05) is 6.92 Å². The second-order valence-corrected chi connectivity index (χ2v) is 4.18. The van der Waals surface area contributed by atoms with Crippen LogP contribution >= 0.6 is 0 Å². The van der Waals surface area contributed by atoms with E-state index < -0.39 is 0 Å². The van der Waals surface area contributed by atoms with E-state index in [0.29, 0.717) is 31.4 Å². The standard InChI is InChI=1S/C11H18N6O2/c1-3-12-9-15-10(17-11(16-9)19-2)14-7-4-5-8(18)13-6-7/h7H,3-6H2,1-2H3,(H,13,18)(H2,12,14,15,16,17). The van der Waals surface area contributed by atoms with Crippen molar-refractivity contribution in [3.63, 3.8) is 0 Å². The maximum absolute atomic E-state index is 11.1. The fourth-order valence-electron chi connectivity index (χ4n) is 1.79. The maximum Gasteiger partial charge on any atom is 0.322 e. The van der Waals surface area contributed by atoms with Crippen LogP contribution in [0.3, 0.4) is 0 Å². The maximum atomic E-state index is 11.1. The second-order valence-electron chi connectivity index (χ2n) is 4.18. The first-order valence-electron chi connectivity index (χ1n) is 6.28. The van der Waals surface area contributed by atoms with Crippen molar-refractivity contribution < 1.29 is 9.53 Å². The summed E-state index contributed by atoms with van der Waals surface area (Å²) in [6.07, 6.45) is 1.27. The molecule has 0 radical (unpaired) electrons. The molecule has 1 aliphatic heterocycles. The highest BCUT2D eigenvalue weighted by molar-refractivity contribution is 5.76. The molecular weight excluding hydrogens is 248 g/mol. The van der Waals surface area contributed by atoms with E-state index >= 15 is 0 Å². The number of anilines is 2. The third-order valence-electron chi connectivity index (χ3n) is 2.73. The van der Waals surface area contributed by atoms with E-state index in [0.717, 1.165) is 6.42 Å². The van der Waals surface area contributed by atoms with Gasteiger partial charge < -0.3 is 20.7 Å².